The van der Waals surface area contributed by atoms with Crippen LogP contribution in [0.3, 0.4) is 0 Å². The molecule has 0 aliphatic heterocycles. The molecule has 0 unspecified atom stereocenters. The van der Waals surface area contributed by atoms with Crippen LogP contribution in [0, 0.1) is 0 Å². The third-order valence-electron chi connectivity index (χ3n) is 1.77. The maximum Gasteiger partial charge on any atom is 0.305 e. The zero-order valence-electron chi connectivity index (χ0n) is 8.70. The van der Waals surface area contributed by atoms with Crippen molar-refractivity contribution in [3.8, 4) is 0 Å². The summed E-state index contributed by atoms with van der Waals surface area (Å²) in [5.74, 6) is -0.115. The minimum absolute atomic E-state index is 0.115. The molecule has 0 fully saturated rings. The zero-order valence-corrected chi connectivity index (χ0v) is 8.70. The topological polar surface area (TPSA) is 43.4 Å². The van der Waals surface area contributed by atoms with Crippen molar-refractivity contribution in [2.45, 2.75) is 39.0 Å². The van der Waals surface area contributed by atoms with E-state index < -0.39 is 0 Å². The Labute approximate surface area is 85.1 Å². The number of hydrogen-bond donors (Lipinski definition) is 0. The molecule has 0 saturated heterocycles. The van der Waals surface area contributed by atoms with E-state index in [0.717, 1.165) is 32.0 Å². The summed E-state index contributed by atoms with van der Waals surface area (Å²) in [6, 6.07) is 0. The van der Waals surface area contributed by atoms with E-state index in [4.69, 9.17) is 4.74 Å². The highest BCUT2D eigenvalue weighted by atomic mass is 16.5. The predicted octanol–water partition coefficient (Wildman–Crippen LogP) is 2.26. The summed E-state index contributed by atoms with van der Waals surface area (Å²) in [6.07, 6.45) is 8.42. The molecule has 0 aromatic rings. The van der Waals surface area contributed by atoms with Crippen molar-refractivity contribution in [1.82, 2.24) is 0 Å². The molecule has 0 aliphatic rings. The van der Waals surface area contributed by atoms with E-state index >= 15 is 0 Å². The third kappa shape index (κ3) is 8.97. The summed E-state index contributed by atoms with van der Waals surface area (Å²) < 4.78 is 4.79. The van der Waals surface area contributed by atoms with E-state index in [0.29, 0.717) is 13.0 Å². The summed E-state index contributed by atoms with van der Waals surface area (Å²) >= 11 is 0. The quantitative estimate of drug-likeness (QED) is 0.260. The lowest BCUT2D eigenvalue weighted by molar-refractivity contribution is -0.143. The van der Waals surface area contributed by atoms with Crippen molar-refractivity contribution < 1.29 is 14.3 Å². The number of aldehydes is 1. The number of carbonyl (C=O) groups excluding carboxylic acids is 2. The Morgan fingerprint density at radius 2 is 2.07 bits per heavy atom. The van der Waals surface area contributed by atoms with Crippen LogP contribution in [0.2, 0.25) is 0 Å². The maximum absolute atomic E-state index is 10.9. The van der Waals surface area contributed by atoms with E-state index in [2.05, 4.69) is 0 Å². The van der Waals surface area contributed by atoms with Crippen LogP contribution in [0.5, 0.6) is 0 Å². The summed E-state index contributed by atoms with van der Waals surface area (Å²) in [7, 11) is 0. The van der Waals surface area contributed by atoms with Gasteiger partial charge in [-0.05, 0) is 32.3 Å². The first-order valence-corrected chi connectivity index (χ1v) is 5.07. The molecule has 0 atom stereocenters. The normalized spacial score (nSPS) is 10.4. The van der Waals surface area contributed by atoms with E-state index in [1.165, 1.54) is 6.08 Å². The molecule has 0 spiro atoms. The number of hydrogen-bond acceptors (Lipinski definition) is 3. The highest BCUT2D eigenvalue weighted by Crippen LogP contribution is 2.04. The number of unbranched alkanes of at least 4 members (excludes halogenated alkanes) is 3. The summed E-state index contributed by atoms with van der Waals surface area (Å²) in [6.45, 7) is 2.27. The molecule has 0 N–H and O–H groups in total. The fraction of sp³-hybridized carbons (Fsp3) is 0.636. The molecule has 0 saturated carbocycles. The van der Waals surface area contributed by atoms with Gasteiger partial charge in [0.25, 0.3) is 0 Å². The Hall–Kier alpha value is -1.12. The standard InChI is InChI=1S/C11H18O3/c1-2-14-11(13)9-7-5-3-4-6-8-10-12/h6,8,10H,2-5,7,9H2,1H3/b8-6+. The SMILES string of the molecule is CCOC(=O)CCCCC/C=C/C=O. The molecule has 0 aromatic carbocycles. The Bertz CT molecular complexity index is 185. The van der Waals surface area contributed by atoms with Crippen molar-refractivity contribution in [3.05, 3.63) is 12.2 Å². The van der Waals surface area contributed by atoms with Gasteiger partial charge < -0.3 is 4.74 Å². The summed E-state index contributed by atoms with van der Waals surface area (Å²) in [5.41, 5.74) is 0. The third-order valence-corrected chi connectivity index (χ3v) is 1.77. The van der Waals surface area contributed by atoms with E-state index in [-0.39, 0.29) is 5.97 Å². The van der Waals surface area contributed by atoms with E-state index in [1.807, 2.05) is 13.0 Å². The van der Waals surface area contributed by atoms with Gasteiger partial charge in [0.1, 0.15) is 6.29 Å². The Kier molecular flexibility index (Phi) is 9.17. The van der Waals surface area contributed by atoms with Gasteiger partial charge in [0.15, 0.2) is 0 Å². The number of ether oxygens (including phenoxy) is 1. The second-order valence-corrected chi connectivity index (χ2v) is 2.97. The summed E-state index contributed by atoms with van der Waals surface area (Å²) in [5, 5.41) is 0. The van der Waals surface area contributed by atoms with Crippen molar-refractivity contribution in [1.29, 1.82) is 0 Å². The van der Waals surface area contributed by atoms with E-state index in [9.17, 15) is 9.59 Å². The number of rotatable bonds is 8. The monoisotopic (exact) mass is 198 g/mol. The molecule has 80 valence electrons. The molecular formula is C11H18O3. The molecule has 3 heteroatoms. The minimum Gasteiger partial charge on any atom is -0.466 e. The number of allylic oxidation sites excluding steroid dienone is 2. The first-order chi connectivity index (χ1) is 6.81. The molecule has 3 nitrogen and oxygen atoms in total. The first kappa shape index (κ1) is 12.9. The van der Waals surface area contributed by atoms with Crippen LogP contribution < -0.4 is 0 Å². The lowest BCUT2D eigenvalue weighted by Crippen LogP contribution is -2.02. The smallest absolute Gasteiger partial charge is 0.305 e. The van der Waals surface area contributed by atoms with Gasteiger partial charge in [-0.3, -0.25) is 9.59 Å². The molecule has 0 aromatic heterocycles. The Balaban J connectivity index is 3.16. The van der Waals surface area contributed by atoms with Crippen LogP contribution in [0.25, 0.3) is 0 Å². The highest BCUT2D eigenvalue weighted by molar-refractivity contribution is 5.69. The zero-order chi connectivity index (χ0) is 10.6. The molecule has 0 aliphatic carbocycles. The van der Waals surface area contributed by atoms with Crippen LogP contribution in [-0.4, -0.2) is 18.9 Å². The average Bonchev–Trinajstić information content (AvgIpc) is 2.17. The molecule has 0 heterocycles. The van der Waals surface area contributed by atoms with Crippen LogP contribution in [0.4, 0.5) is 0 Å². The van der Waals surface area contributed by atoms with Crippen LogP contribution in [0.1, 0.15) is 39.0 Å². The van der Waals surface area contributed by atoms with Gasteiger partial charge in [-0.25, -0.2) is 0 Å². The van der Waals surface area contributed by atoms with Gasteiger partial charge in [0.05, 0.1) is 6.61 Å². The van der Waals surface area contributed by atoms with Crippen molar-refractivity contribution in [2.24, 2.45) is 0 Å². The van der Waals surface area contributed by atoms with Crippen LogP contribution in [0.15, 0.2) is 12.2 Å². The number of esters is 1. The van der Waals surface area contributed by atoms with Gasteiger partial charge in [0.2, 0.25) is 0 Å². The molecule has 0 amide bonds. The van der Waals surface area contributed by atoms with Crippen molar-refractivity contribution >= 4 is 12.3 Å². The molecule has 14 heavy (non-hydrogen) atoms. The van der Waals surface area contributed by atoms with Gasteiger partial charge in [-0.1, -0.05) is 12.5 Å². The van der Waals surface area contributed by atoms with Crippen LogP contribution in [-0.2, 0) is 14.3 Å². The van der Waals surface area contributed by atoms with E-state index in [1.54, 1.807) is 0 Å². The second kappa shape index (κ2) is 9.96. The average molecular weight is 198 g/mol. The lowest BCUT2D eigenvalue weighted by Gasteiger charge is -2.00. The van der Waals surface area contributed by atoms with Crippen LogP contribution >= 0.6 is 0 Å². The largest absolute Gasteiger partial charge is 0.466 e. The van der Waals surface area contributed by atoms with Crippen molar-refractivity contribution in [2.75, 3.05) is 6.61 Å². The first-order valence-electron chi connectivity index (χ1n) is 5.07. The second-order valence-electron chi connectivity index (χ2n) is 2.97. The molecule has 0 bridgehead atoms. The lowest BCUT2D eigenvalue weighted by atomic mass is 10.1. The highest BCUT2D eigenvalue weighted by Gasteiger charge is 1.99. The predicted molar refractivity (Wildman–Crippen MR) is 54.9 cm³/mol. The number of carbonyl (C=O) groups is 2. The van der Waals surface area contributed by atoms with Gasteiger partial charge in [-0.15, -0.1) is 0 Å². The minimum atomic E-state index is -0.115. The Morgan fingerprint density at radius 3 is 2.71 bits per heavy atom. The summed E-state index contributed by atoms with van der Waals surface area (Å²) in [4.78, 5) is 20.8. The fourth-order valence-corrected chi connectivity index (χ4v) is 1.09. The maximum atomic E-state index is 10.9. The fourth-order valence-electron chi connectivity index (χ4n) is 1.09. The molecular weight excluding hydrogens is 180 g/mol. The molecule has 0 radical (unpaired) electrons. The molecule has 0 rings (SSSR count). The van der Waals surface area contributed by atoms with Gasteiger partial charge >= 0.3 is 5.97 Å². The Morgan fingerprint density at radius 1 is 1.29 bits per heavy atom. The van der Waals surface area contributed by atoms with Crippen molar-refractivity contribution in [3.63, 3.8) is 0 Å². The van der Waals surface area contributed by atoms with Gasteiger partial charge in [-0.2, -0.15) is 0 Å². The van der Waals surface area contributed by atoms with Gasteiger partial charge in [0, 0.05) is 6.42 Å².